The van der Waals surface area contributed by atoms with Crippen molar-refractivity contribution < 1.29 is 4.92 Å². The monoisotopic (exact) mass is 271 g/mol. The Morgan fingerprint density at radius 1 is 1.30 bits per heavy atom. The van der Waals surface area contributed by atoms with Crippen molar-refractivity contribution in [2.45, 2.75) is 26.3 Å². The van der Waals surface area contributed by atoms with Gasteiger partial charge in [0.05, 0.1) is 10.4 Å². The Balaban J connectivity index is 1.99. The van der Waals surface area contributed by atoms with Crippen molar-refractivity contribution in [3.05, 3.63) is 40.4 Å². The van der Waals surface area contributed by atoms with E-state index in [-0.39, 0.29) is 10.6 Å². The van der Waals surface area contributed by atoms with E-state index >= 15 is 0 Å². The summed E-state index contributed by atoms with van der Waals surface area (Å²) in [5, 5.41) is 11.6. The molecule has 1 aliphatic rings. The minimum Gasteiger partial charge on any atom is -0.354 e. The highest BCUT2D eigenvalue weighted by atomic mass is 16.6. The summed E-state index contributed by atoms with van der Waals surface area (Å²) in [6, 6.07) is 9.16. The molecule has 3 rings (SSSR count). The van der Waals surface area contributed by atoms with E-state index < -0.39 is 0 Å². The smallest absolute Gasteiger partial charge is 0.270 e. The molecule has 2 atom stereocenters. The molecular weight excluding hydrogens is 254 g/mol. The van der Waals surface area contributed by atoms with Crippen LogP contribution in [-0.4, -0.2) is 22.5 Å². The van der Waals surface area contributed by atoms with Crippen molar-refractivity contribution in [1.82, 2.24) is 4.98 Å². The zero-order valence-electron chi connectivity index (χ0n) is 11.6. The second kappa shape index (κ2) is 4.74. The van der Waals surface area contributed by atoms with Gasteiger partial charge in [0.2, 0.25) is 0 Å². The van der Waals surface area contributed by atoms with Gasteiger partial charge in [-0.25, -0.2) is 4.98 Å². The van der Waals surface area contributed by atoms with Gasteiger partial charge < -0.3 is 4.90 Å². The minimum atomic E-state index is -0.377. The summed E-state index contributed by atoms with van der Waals surface area (Å²) in [6.45, 7) is 5.50. The van der Waals surface area contributed by atoms with Crippen molar-refractivity contribution in [2.75, 3.05) is 11.4 Å². The van der Waals surface area contributed by atoms with Gasteiger partial charge in [0, 0.05) is 30.1 Å². The van der Waals surface area contributed by atoms with Crippen LogP contribution in [0.3, 0.4) is 0 Å². The highest BCUT2D eigenvalue weighted by Crippen LogP contribution is 2.30. The van der Waals surface area contributed by atoms with Gasteiger partial charge in [-0.05, 0) is 37.5 Å². The van der Waals surface area contributed by atoms with Crippen molar-refractivity contribution in [3.8, 4) is 0 Å². The highest BCUT2D eigenvalue weighted by Gasteiger charge is 2.28. The van der Waals surface area contributed by atoms with E-state index in [2.05, 4.69) is 23.7 Å². The van der Waals surface area contributed by atoms with Crippen LogP contribution in [0.2, 0.25) is 0 Å². The van der Waals surface area contributed by atoms with Gasteiger partial charge in [0.25, 0.3) is 5.69 Å². The Morgan fingerprint density at radius 3 is 2.75 bits per heavy atom. The van der Waals surface area contributed by atoms with Gasteiger partial charge >= 0.3 is 0 Å². The maximum Gasteiger partial charge on any atom is 0.270 e. The Bertz CT molecular complexity index is 671. The van der Waals surface area contributed by atoms with Crippen LogP contribution in [0.4, 0.5) is 11.5 Å². The Labute approximate surface area is 117 Å². The number of benzene rings is 1. The van der Waals surface area contributed by atoms with Crippen LogP contribution >= 0.6 is 0 Å². The number of nitro groups is 1. The number of pyridine rings is 1. The van der Waals surface area contributed by atoms with Gasteiger partial charge in [-0.2, -0.15) is 0 Å². The fraction of sp³-hybridized carbons (Fsp3) is 0.400. The van der Waals surface area contributed by atoms with Gasteiger partial charge in [-0.15, -0.1) is 0 Å². The second-order valence-corrected chi connectivity index (χ2v) is 5.50. The summed E-state index contributed by atoms with van der Waals surface area (Å²) >= 11 is 0. The Morgan fingerprint density at radius 2 is 2.10 bits per heavy atom. The molecule has 104 valence electrons. The van der Waals surface area contributed by atoms with E-state index in [1.807, 2.05) is 12.1 Å². The molecule has 20 heavy (non-hydrogen) atoms. The van der Waals surface area contributed by atoms with E-state index in [0.29, 0.717) is 12.0 Å². The summed E-state index contributed by atoms with van der Waals surface area (Å²) in [7, 11) is 0. The van der Waals surface area contributed by atoms with Gasteiger partial charge in [0.15, 0.2) is 0 Å². The third kappa shape index (κ3) is 2.09. The molecule has 1 saturated heterocycles. The molecule has 0 N–H and O–H groups in total. The number of non-ortho nitro benzene ring substituents is 1. The lowest BCUT2D eigenvalue weighted by molar-refractivity contribution is -0.384. The van der Waals surface area contributed by atoms with Crippen LogP contribution in [0, 0.1) is 16.0 Å². The molecule has 5 nitrogen and oxygen atoms in total. The molecule has 2 unspecified atom stereocenters. The molecule has 5 heteroatoms. The van der Waals surface area contributed by atoms with Gasteiger partial charge in [-0.3, -0.25) is 10.1 Å². The minimum absolute atomic E-state index is 0.107. The summed E-state index contributed by atoms with van der Waals surface area (Å²) < 4.78 is 0. The SMILES string of the molecule is CC1CCN(c2ccc3cc([N+](=O)[O-])ccc3n2)C1C. The van der Waals surface area contributed by atoms with Crippen LogP contribution in [-0.2, 0) is 0 Å². The Hall–Kier alpha value is -2.17. The molecule has 0 bridgehead atoms. The number of aromatic nitrogens is 1. The van der Waals surface area contributed by atoms with E-state index in [1.165, 1.54) is 12.5 Å². The van der Waals surface area contributed by atoms with Crippen molar-refractivity contribution in [2.24, 2.45) is 5.92 Å². The third-order valence-electron chi connectivity index (χ3n) is 4.30. The van der Waals surface area contributed by atoms with Crippen LogP contribution in [0.5, 0.6) is 0 Å². The molecule has 0 amide bonds. The lowest BCUT2D eigenvalue weighted by atomic mass is 10.1. The van der Waals surface area contributed by atoms with Crippen molar-refractivity contribution in [3.63, 3.8) is 0 Å². The summed E-state index contributed by atoms with van der Waals surface area (Å²) in [6.07, 6.45) is 1.18. The molecule has 2 aromatic rings. The lowest BCUT2D eigenvalue weighted by Gasteiger charge is -2.24. The number of nitrogens with zero attached hydrogens (tertiary/aromatic N) is 3. The number of fused-ring (bicyclic) bond motifs is 1. The Kier molecular flexibility index (Phi) is 3.04. The second-order valence-electron chi connectivity index (χ2n) is 5.50. The molecule has 0 aliphatic carbocycles. The summed E-state index contributed by atoms with van der Waals surface area (Å²) in [5.41, 5.74) is 0.912. The quantitative estimate of drug-likeness (QED) is 0.620. The average molecular weight is 271 g/mol. The van der Waals surface area contributed by atoms with Gasteiger partial charge in [0.1, 0.15) is 5.82 Å². The van der Waals surface area contributed by atoms with E-state index in [1.54, 1.807) is 12.1 Å². The molecular formula is C15H17N3O2. The highest BCUT2D eigenvalue weighted by molar-refractivity contribution is 5.82. The van der Waals surface area contributed by atoms with Crippen LogP contribution < -0.4 is 4.90 Å². The zero-order chi connectivity index (χ0) is 14.3. The average Bonchev–Trinajstić information content (AvgIpc) is 2.78. The predicted molar refractivity (Wildman–Crippen MR) is 79.0 cm³/mol. The largest absolute Gasteiger partial charge is 0.354 e. The molecule has 1 aromatic heterocycles. The molecule has 0 saturated carbocycles. The fourth-order valence-corrected chi connectivity index (χ4v) is 2.79. The first-order valence-corrected chi connectivity index (χ1v) is 6.88. The van der Waals surface area contributed by atoms with Crippen molar-refractivity contribution in [1.29, 1.82) is 0 Å². The lowest BCUT2D eigenvalue weighted by Crippen LogP contribution is -2.29. The van der Waals surface area contributed by atoms with Gasteiger partial charge in [-0.1, -0.05) is 6.92 Å². The first-order valence-electron chi connectivity index (χ1n) is 6.88. The van der Waals surface area contributed by atoms with E-state index in [4.69, 9.17) is 0 Å². The normalized spacial score (nSPS) is 22.4. The molecule has 2 heterocycles. The van der Waals surface area contributed by atoms with Crippen LogP contribution in [0.15, 0.2) is 30.3 Å². The summed E-state index contributed by atoms with van der Waals surface area (Å²) in [4.78, 5) is 17.4. The molecule has 0 radical (unpaired) electrons. The molecule has 1 fully saturated rings. The number of nitro benzene ring substituents is 1. The van der Waals surface area contributed by atoms with E-state index in [9.17, 15) is 10.1 Å². The zero-order valence-corrected chi connectivity index (χ0v) is 11.6. The van der Waals surface area contributed by atoms with Crippen LogP contribution in [0.1, 0.15) is 20.3 Å². The topological polar surface area (TPSA) is 59.3 Å². The predicted octanol–water partition coefficient (Wildman–Crippen LogP) is 3.38. The third-order valence-corrected chi connectivity index (χ3v) is 4.30. The van der Waals surface area contributed by atoms with Crippen LogP contribution in [0.25, 0.3) is 10.9 Å². The standard InChI is InChI=1S/C15H17N3O2/c1-10-7-8-17(11(10)2)15-6-3-12-9-13(18(19)20)4-5-14(12)16-15/h3-6,9-11H,7-8H2,1-2H3. The first kappa shape index (κ1) is 12.8. The maximum atomic E-state index is 10.8. The maximum absolute atomic E-state index is 10.8. The number of hydrogen-bond acceptors (Lipinski definition) is 4. The number of hydrogen-bond donors (Lipinski definition) is 0. The summed E-state index contributed by atoms with van der Waals surface area (Å²) in [5.74, 6) is 1.63. The number of rotatable bonds is 2. The van der Waals surface area contributed by atoms with Crippen molar-refractivity contribution >= 4 is 22.4 Å². The molecule has 1 aromatic carbocycles. The number of anilines is 1. The fourth-order valence-electron chi connectivity index (χ4n) is 2.79. The first-order chi connectivity index (χ1) is 9.56. The molecule has 1 aliphatic heterocycles. The molecule has 0 spiro atoms. The van der Waals surface area contributed by atoms with E-state index in [0.717, 1.165) is 23.3 Å².